The van der Waals surface area contributed by atoms with Crippen LogP contribution in [0.2, 0.25) is 0 Å². The average Bonchev–Trinajstić information content (AvgIpc) is 3.05. The maximum absolute atomic E-state index is 12.6. The van der Waals surface area contributed by atoms with Crippen molar-refractivity contribution in [3.63, 3.8) is 0 Å². The van der Waals surface area contributed by atoms with E-state index >= 15 is 0 Å². The van der Waals surface area contributed by atoms with E-state index in [4.69, 9.17) is 0 Å². The van der Waals surface area contributed by atoms with E-state index in [1.54, 1.807) is 0 Å². The van der Waals surface area contributed by atoms with Crippen molar-refractivity contribution in [3.05, 3.63) is 71.4 Å². The molecule has 144 valence electrons. The Morgan fingerprint density at radius 3 is 2.57 bits per heavy atom. The molecule has 2 aromatic carbocycles. The van der Waals surface area contributed by atoms with Crippen molar-refractivity contribution in [1.29, 1.82) is 0 Å². The van der Waals surface area contributed by atoms with Crippen LogP contribution in [0.15, 0.2) is 54.6 Å². The molecule has 28 heavy (non-hydrogen) atoms. The number of para-hydroxylation sites is 1. The van der Waals surface area contributed by atoms with Gasteiger partial charge in [-0.2, -0.15) is 0 Å². The van der Waals surface area contributed by atoms with Gasteiger partial charge in [0, 0.05) is 35.6 Å². The van der Waals surface area contributed by atoms with Crippen molar-refractivity contribution in [3.8, 4) is 16.9 Å². The molecule has 1 aliphatic heterocycles. The van der Waals surface area contributed by atoms with Crippen LogP contribution in [0.1, 0.15) is 55.2 Å². The van der Waals surface area contributed by atoms with E-state index < -0.39 is 0 Å². The Morgan fingerprint density at radius 1 is 1.11 bits per heavy atom. The summed E-state index contributed by atoms with van der Waals surface area (Å²) in [5, 5.41) is 3.53. The second-order valence-corrected chi connectivity index (χ2v) is 8.30. The van der Waals surface area contributed by atoms with Crippen LogP contribution in [0.4, 0.5) is 5.69 Å². The van der Waals surface area contributed by atoms with Gasteiger partial charge in [-0.3, -0.25) is 4.79 Å². The predicted molar refractivity (Wildman–Crippen MR) is 117 cm³/mol. The Balaban J connectivity index is 1.94. The molecule has 0 unspecified atom stereocenters. The normalized spacial score (nSPS) is 15.0. The first-order valence-electron chi connectivity index (χ1n) is 10.1. The minimum absolute atomic E-state index is 0.137. The molecule has 0 atom stereocenters. The number of ketones is 1. The number of anilines is 1. The van der Waals surface area contributed by atoms with Gasteiger partial charge in [0.25, 0.3) is 0 Å². The van der Waals surface area contributed by atoms with Gasteiger partial charge in [0.15, 0.2) is 5.78 Å². The van der Waals surface area contributed by atoms with Crippen LogP contribution in [-0.4, -0.2) is 16.9 Å². The molecule has 0 amide bonds. The maximum atomic E-state index is 12.6. The highest BCUT2D eigenvalue weighted by Gasteiger charge is 2.28. The fourth-order valence-corrected chi connectivity index (χ4v) is 4.26. The Hall–Kier alpha value is -2.81. The first-order valence-corrected chi connectivity index (χ1v) is 10.1. The van der Waals surface area contributed by atoms with Gasteiger partial charge >= 0.3 is 0 Å². The molecule has 3 aromatic rings. The van der Waals surface area contributed by atoms with Crippen LogP contribution < -0.4 is 5.32 Å². The molecule has 1 aliphatic rings. The van der Waals surface area contributed by atoms with Crippen molar-refractivity contribution in [2.75, 3.05) is 11.9 Å². The van der Waals surface area contributed by atoms with Gasteiger partial charge in [-0.1, -0.05) is 45.0 Å². The van der Waals surface area contributed by atoms with Gasteiger partial charge in [0.05, 0.1) is 5.69 Å². The topological polar surface area (TPSA) is 34.0 Å². The number of nitrogens with one attached hydrogen (secondary N) is 1. The van der Waals surface area contributed by atoms with Crippen LogP contribution in [-0.2, 0) is 5.41 Å². The van der Waals surface area contributed by atoms with Gasteiger partial charge in [-0.25, -0.2) is 0 Å². The largest absolute Gasteiger partial charge is 0.385 e. The predicted octanol–water partition coefficient (Wildman–Crippen LogP) is 6.14. The van der Waals surface area contributed by atoms with Gasteiger partial charge in [-0.05, 0) is 60.2 Å². The summed E-state index contributed by atoms with van der Waals surface area (Å²) in [7, 11) is 0. The number of aromatic nitrogens is 1. The first kappa shape index (κ1) is 18.5. The third-order valence-electron chi connectivity index (χ3n) is 5.99. The second-order valence-electron chi connectivity index (χ2n) is 8.30. The third-order valence-corrected chi connectivity index (χ3v) is 5.99. The molecule has 0 saturated heterocycles. The number of rotatable bonds is 4. The number of carbonyl (C=O) groups is 1. The standard InChI is InChI=1S/C25H28N2O/c1-5-24(28)20-16-23(27(17(20)2)19-9-7-6-8-10-19)18-11-12-22-21(15-18)25(3,4)13-14-26-22/h6-12,15-16,26H,5,13-14H2,1-4H3. The highest BCUT2D eigenvalue weighted by molar-refractivity contribution is 5.98. The molecule has 3 nitrogen and oxygen atoms in total. The molecule has 2 heterocycles. The SMILES string of the molecule is CCC(=O)c1cc(-c2ccc3c(c2)C(C)(C)CCN3)n(-c2ccccc2)c1C. The third kappa shape index (κ3) is 3.05. The fourth-order valence-electron chi connectivity index (χ4n) is 4.26. The summed E-state index contributed by atoms with van der Waals surface area (Å²) < 4.78 is 2.22. The lowest BCUT2D eigenvalue weighted by Gasteiger charge is -2.33. The highest BCUT2D eigenvalue weighted by Crippen LogP contribution is 2.40. The summed E-state index contributed by atoms with van der Waals surface area (Å²) in [6.45, 7) is 9.60. The summed E-state index contributed by atoms with van der Waals surface area (Å²) in [6.07, 6.45) is 1.63. The molecule has 0 fully saturated rings. The van der Waals surface area contributed by atoms with Crippen molar-refractivity contribution >= 4 is 11.5 Å². The monoisotopic (exact) mass is 372 g/mol. The fraction of sp³-hybridized carbons (Fsp3) is 0.320. The van der Waals surface area contributed by atoms with Crippen LogP contribution in [0, 0.1) is 6.92 Å². The number of hydrogen-bond donors (Lipinski definition) is 1. The van der Waals surface area contributed by atoms with E-state index in [0.717, 1.165) is 41.2 Å². The summed E-state index contributed by atoms with van der Waals surface area (Å²) in [6, 6.07) is 19.0. The van der Waals surface area contributed by atoms with Crippen molar-refractivity contribution in [2.45, 2.75) is 46.0 Å². The number of fused-ring (bicyclic) bond motifs is 1. The molecule has 0 aliphatic carbocycles. The zero-order chi connectivity index (χ0) is 19.9. The smallest absolute Gasteiger partial charge is 0.164 e. The van der Waals surface area contributed by atoms with E-state index in [-0.39, 0.29) is 11.2 Å². The zero-order valence-electron chi connectivity index (χ0n) is 17.2. The lowest BCUT2D eigenvalue weighted by molar-refractivity contribution is 0.0987. The summed E-state index contributed by atoms with van der Waals surface area (Å²) >= 11 is 0. The lowest BCUT2D eigenvalue weighted by atomic mass is 9.77. The van der Waals surface area contributed by atoms with Gasteiger partial charge in [0.2, 0.25) is 0 Å². The van der Waals surface area contributed by atoms with E-state index in [1.165, 1.54) is 11.3 Å². The van der Waals surface area contributed by atoms with E-state index in [2.05, 4.69) is 60.1 Å². The molecule has 1 N–H and O–H groups in total. The number of carbonyl (C=O) groups excluding carboxylic acids is 1. The molecule has 0 spiro atoms. The molecular weight excluding hydrogens is 344 g/mol. The van der Waals surface area contributed by atoms with Crippen LogP contribution in [0.3, 0.4) is 0 Å². The van der Waals surface area contributed by atoms with E-state index in [0.29, 0.717) is 6.42 Å². The van der Waals surface area contributed by atoms with Crippen LogP contribution in [0.5, 0.6) is 0 Å². The van der Waals surface area contributed by atoms with Crippen LogP contribution >= 0.6 is 0 Å². The molecular formula is C25H28N2O. The molecule has 3 heteroatoms. The maximum Gasteiger partial charge on any atom is 0.164 e. The summed E-state index contributed by atoms with van der Waals surface area (Å²) in [4.78, 5) is 12.6. The van der Waals surface area contributed by atoms with Crippen molar-refractivity contribution in [1.82, 2.24) is 4.57 Å². The van der Waals surface area contributed by atoms with E-state index in [1.807, 2.05) is 32.0 Å². The highest BCUT2D eigenvalue weighted by atomic mass is 16.1. The number of benzene rings is 2. The van der Waals surface area contributed by atoms with E-state index in [9.17, 15) is 4.79 Å². The minimum atomic E-state index is 0.137. The van der Waals surface area contributed by atoms with Gasteiger partial charge in [-0.15, -0.1) is 0 Å². The first-order chi connectivity index (χ1) is 13.4. The second kappa shape index (κ2) is 6.97. The molecule has 0 saturated carbocycles. The van der Waals surface area contributed by atoms with Crippen LogP contribution in [0.25, 0.3) is 16.9 Å². The number of Topliss-reactive ketones (excluding diaryl/α,β-unsaturated/α-hetero) is 1. The summed E-state index contributed by atoms with van der Waals surface area (Å²) in [5.41, 5.74) is 7.83. The molecule has 4 rings (SSSR count). The Kier molecular flexibility index (Phi) is 4.62. The Bertz CT molecular complexity index is 1030. The molecule has 0 radical (unpaired) electrons. The minimum Gasteiger partial charge on any atom is -0.385 e. The number of hydrogen-bond acceptors (Lipinski definition) is 2. The Morgan fingerprint density at radius 2 is 1.86 bits per heavy atom. The zero-order valence-corrected chi connectivity index (χ0v) is 17.2. The Labute approximate surface area is 167 Å². The average molecular weight is 373 g/mol. The molecule has 0 bridgehead atoms. The van der Waals surface area contributed by atoms with Crippen molar-refractivity contribution < 1.29 is 4.79 Å². The lowest BCUT2D eigenvalue weighted by Crippen LogP contribution is -2.28. The molecule has 1 aromatic heterocycles. The van der Waals surface area contributed by atoms with Crippen molar-refractivity contribution in [2.24, 2.45) is 0 Å². The number of nitrogens with zero attached hydrogens (tertiary/aromatic N) is 1. The van der Waals surface area contributed by atoms with Gasteiger partial charge < -0.3 is 9.88 Å². The quantitative estimate of drug-likeness (QED) is 0.558. The van der Waals surface area contributed by atoms with Gasteiger partial charge in [0.1, 0.15) is 0 Å². The summed E-state index contributed by atoms with van der Waals surface area (Å²) in [5.74, 6) is 0.188.